The molecule has 1 heterocycles. The molecule has 0 aromatic heterocycles. The molecule has 0 saturated carbocycles. The van der Waals surface area contributed by atoms with Crippen LogP contribution in [0.15, 0.2) is 0 Å². The third-order valence-corrected chi connectivity index (χ3v) is 3.56. The Bertz CT molecular complexity index is 455. The summed E-state index contributed by atoms with van der Waals surface area (Å²) in [4.78, 5) is 34.0. The van der Waals surface area contributed by atoms with Crippen LogP contribution in [0, 0.1) is 5.92 Å². The SMILES string of the molecule is CC(=O)N[C@H]1C(OCCO)O[C@H](COC(C)=O)[C@H](C)[C@@H]1OC(C)=O. The average molecular weight is 347 g/mol. The van der Waals surface area contributed by atoms with Crippen LogP contribution in [0.5, 0.6) is 0 Å². The Kier molecular flexibility index (Phi) is 8.09. The lowest BCUT2D eigenvalue weighted by atomic mass is 9.89. The van der Waals surface area contributed by atoms with E-state index < -0.39 is 36.5 Å². The highest BCUT2D eigenvalue weighted by molar-refractivity contribution is 5.73. The van der Waals surface area contributed by atoms with Crippen LogP contribution >= 0.6 is 0 Å². The van der Waals surface area contributed by atoms with Gasteiger partial charge in [-0.1, -0.05) is 6.92 Å². The monoisotopic (exact) mass is 347 g/mol. The fourth-order valence-electron chi connectivity index (χ4n) is 2.53. The second-order valence-electron chi connectivity index (χ2n) is 5.60. The fraction of sp³-hybridized carbons (Fsp3) is 0.800. The van der Waals surface area contributed by atoms with Crippen molar-refractivity contribution in [1.29, 1.82) is 0 Å². The Hall–Kier alpha value is -1.71. The maximum atomic E-state index is 11.5. The number of aliphatic hydroxyl groups is 1. The first-order valence-electron chi connectivity index (χ1n) is 7.71. The number of rotatable bonds is 7. The molecule has 9 heteroatoms. The van der Waals surface area contributed by atoms with E-state index in [-0.39, 0.29) is 31.6 Å². The molecular formula is C15H25NO8. The van der Waals surface area contributed by atoms with Crippen molar-refractivity contribution in [3.8, 4) is 0 Å². The van der Waals surface area contributed by atoms with Crippen molar-refractivity contribution in [3.63, 3.8) is 0 Å². The van der Waals surface area contributed by atoms with E-state index in [1.54, 1.807) is 6.92 Å². The van der Waals surface area contributed by atoms with E-state index in [1.807, 2.05) is 0 Å². The van der Waals surface area contributed by atoms with Gasteiger partial charge in [-0.25, -0.2) is 0 Å². The lowest BCUT2D eigenvalue weighted by Gasteiger charge is -2.44. The summed E-state index contributed by atoms with van der Waals surface area (Å²) in [7, 11) is 0. The van der Waals surface area contributed by atoms with Crippen LogP contribution in [0.25, 0.3) is 0 Å². The minimum Gasteiger partial charge on any atom is -0.463 e. The zero-order valence-electron chi connectivity index (χ0n) is 14.3. The summed E-state index contributed by atoms with van der Waals surface area (Å²) in [5, 5.41) is 11.6. The number of aliphatic hydroxyl groups excluding tert-OH is 1. The normalized spacial score (nSPS) is 29.6. The number of hydrogen-bond acceptors (Lipinski definition) is 8. The molecule has 138 valence electrons. The second-order valence-corrected chi connectivity index (χ2v) is 5.60. The second kappa shape index (κ2) is 9.55. The first-order valence-corrected chi connectivity index (χ1v) is 7.71. The summed E-state index contributed by atoms with van der Waals surface area (Å²) in [6.45, 7) is 5.31. The van der Waals surface area contributed by atoms with Gasteiger partial charge < -0.3 is 29.4 Å². The van der Waals surface area contributed by atoms with E-state index in [9.17, 15) is 14.4 Å². The van der Waals surface area contributed by atoms with E-state index in [0.717, 1.165) is 0 Å². The van der Waals surface area contributed by atoms with Gasteiger partial charge in [-0.15, -0.1) is 0 Å². The summed E-state index contributed by atoms with van der Waals surface area (Å²) in [6.07, 6.45) is -2.28. The number of carbonyl (C=O) groups excluding carboxylic acids is 3. The van der Waals surface area contributed by atoms with Gasteiger partial charge in [0.1, 0.15) is 24.9 Å². The Morgan fingerprint density at radius 2 is 1.83 bits per heavy atom. The summed E-state index contributed by atoms with van der Waals surface area (Å²) in [5.41, 5.74) is 0. The van der Waals surface area contributed by atoms with Gasteiger partial charge in [-0.05, 0) is 0 Å². The van der Waals surface area contributed by atoms with Crippen molar-refractivity contribution >= 4 is 17.8 Å². The summed E-state index contributed by atoms with van der Waals surface area (Å²) in [6, 6.07) is -0.749. The highest BCUT2D eigenvalue weighted by atomic mass is 16.7. The molecule has 5 atom stereocenters. The molecule has 0 spiro atoms. The molecule has 9 nitrogen and oxygen atoms in total. The van der Waals surface area contributed by atoms with Crippen LogP contribution in [0.1, 0.15) is 27.7 Å². The van der Waals surface area contributed by atoms with Crippen molar-refractivity contribution < 1.29 is 38.4 Å². The molecule has 0 aromatic rings. The number of amides is 1. The van der Waals surface area contributed by atoms with Crippen molar-refractivity contribution in [3.05, 3.63) is 0 Å². The number of carbonyl (C=O) groups is 3. The van der Waals surface area contributed by atoms with E-state index in [4.69, 9.17) is 24.1 Å². The van der Waals surface area contributed by atoms with Gasteiger partial charge in [0.25, 0.3) is 0 Å². The van der Waals surface area contributed by atoms with Crippen molar-refractivity contribution in [1.82, 2.24) is 5.32 Å². The molecule has 0 radical (unpaired) electrons. The van der Waals surface area contributed by atoms with E-state index >= 15 is 0 Å². The molecule has 1 aliphatic heterocycles. The molecule has 0 aromatic carbocycles. The Morgan fingerprint density at radius 3 is 2.33 bits per heavy atom. The molecule has 1 rings (SSSR count). The van der Waals surface area contributed by atoms with Crippen LogP contribution < -0.4 is 5.32 Å². The lowest BCUT2D eigenvalue weighted by Crippen LogP contribution is -2.63. The third kappa shape index (κ3) is 6.06. The topological polar surface area (TPSA) is 120 Å². The minimum atomic E-state index is -0.956. The molecule has 1 unspecified atom stereocenters. The average Bonchev–Trinajstić information content (AvgIpc) is 2.48. The molecule has 1 fully saturated rings. The molecule has 1 aliphatic rings. The molecule has 0 aliphatic carbocycles. The Balaban J connectivity index is 3.00. The van der Waals surface area contributed by atoms with E-state index in [0.29, 0.717) is 0 Å². The lowest BCUT2D eigenvalue weighted by molar-refractivity contribution is -0.261. The summed E-state index contributed by atoms with van der Waals surface area (Å²) >= 11 is 0. The number of esters is 2. The predicted molar refractivity (Wildman–Crippen MR) is 80.7 cm³/mol. The molecule has 24 heavy (non-hydrogen) atoms. The third-order valence-electron chi connectivity index (χ3n) is 3.56. The van der Waals surface area contributed by atoms with Gasteiger partial charge in [-0.2, -0.15) is 0 Å². The van der Waals surface area contributed by atoms with Gasteiger partial charge in [0.05, 0.1) is 13.2 Å². The number of hydrogen-bond donors (Lipinski definition) is 2. The van der Waals surface area contributed by atoms with Crippen LogP contribution in [-0.4, -0.2) is 67.3 Å². The van der Waals surface area contributed by atoms with Gasteiger partial charge >= 0.3 is 11.9 Å². The van der Waals surface area contributed by atoms with Crippen LogP contribution in [-0.2, 0) is 33.3 Å². The zero-order valence-corrected chi connectivity index (χ0v) is 14.3. The first-order chi connectivity index (χ1) is 11.3. The van der Waals surface area contributed by atoms with Gasteiger partial charge in [0.2, 0.25) is 5.91 Å². The summed E-state index contributed by atoms with van der Waals surface area (Å²) < 4.78 is 21.5. The van der Waals surface area contributed by atoms with Crippen molar-refractivity contribution in [2.75, 3.05) is 19.8 Å². The molecule has 0 bridgehead atoms. The first kappa shape index (κ1) is 20.3. The number of ether oxygens (including phenoxy) is 4. The fourth-order valence-corrected chi connectivity index (χ4v) is 2.53. The zero-order chi connectivity index (χ0) is 18.3. The highest BCUT2D eigenvalue weighted by Crippen LogP contribution is 2.29. The van der Waals surface area contributed by atoms with E-state index in [1.165, 1.54) is 20.8 Å². The van der Waals surface area contributed by atoms with Gasteiger partial charge in [-0.3, -0.25) is 14.4 Å². The smallest absolute Gasteiger partial charge is 0.302 e. The maximum absolute atomic E-state index is 11.5. The van der Waals surface area contributed by atoms with Crippen LogP contribution in [0.3, 0.4) is 0 Å². The van der Waals surface area contributed by atoms with Gasteiger partial charge in [0.15, 0.2) is 6.29 Å². The quantitative estimate of drug-likeness (QED) is 0.583. The van der Waals surface area contributed by atoms with Crippen LogP contribution in [0.2, 0.25) is 0 Å². The van der Waals surface area contributed by atoms with Crippen molar-refractivity contribution in [2.24, 2.45) is 5.92 Å². The summed E-state index contributed by atoms with van der Waals surface area (Å²) in [5.74, 6) is -1.69. The standard InChI is InChI=1S/C15H25NO8/c1-8-12(7-22-10(3)19)24-15(21-6-5-17)13(16-9(2)18)14(8)23-11(4)20/h8,12-15,17H,5-7H2,1-4H3,(H,16,18)/t8-,12+,13+,14-,15?/m0/s1. The van der Waals surface area contributed by atoms with Gasteiger partial charge in [0, 0.05) is 26.7 Å². The molecule has 1 amide bonds. The molecule has 1 saturated heterocycles. The number of nitrogens with one attached hydrogen (secondary N) is 1. The molecular weight excluding hydrogens is 322 g/mol. The predicted octanol–water partition coefficient (Wildman–Crippen LogP) is -0.644. The van der Waals surface area contributed by atoms with Crippen LogP contribution in [0.4, 0.5) is 0 Å². The highest BCUT2D eigenvalue weighted by Gasteiger charge is 2.47. The Morgan fingerprint density at radius 1 is 1.17 bits per heavy atom. The van der Waals surface area contributed by atoms with Crippen molar-refractivity contribution in [2.45, 2.75) is 52.2 Å². The largest absolute Gasteiger partial charge is 0.463 e. The minimum absolute atomic E-state index is 0.0256. The Labute approximate surface area is 140 Å². The maximum Gasteiger partial charge on any atom is 0.302 e. The van der Waals surface area contributed by atoms with E-state index in [2.05, 4.69) is 5.32 Å². The molecule has 2 N–H and O–H groups in total.